The molecule has 0 bridgehead atoms. The second kappa shape index (κ2) is 8.34. The van der Waals surface area contributed by atoms with Crippen LogP contribution in [0.4, 0.5) is 5.69 Å². The van der Waals surface area contributed by atoms with Gasteiger partial charge in [-0.25, -0.2) is 0 Å². The van der Waals surface area contributed by atoms with Gasteiger partial charge in [0.05, 0.1) is 31.2 Å². The lowest BCUT2D eigenvalue weighted by Gasteiger charge is -2.11. The number of hydrogen-bond acceptors (Lipinski definition) is 8. The summed E-state index contributed by atoms with van der Waals surface area (Å²) >= 11 is 1.14. The molecule has 2 heterocycles. The molecule has 1 amide bonds. The molecule has 9 heteroatoms. The predicted octanol–water partition coefficient (Wildman–Crippen LogP) is 2.88. The average molecular weight is 372 g/mol. The summed E-state index contributed by atoms with van der Waals surface area (Å²) in [4.78, 5) is 16.2. The van der Waals surface area contributed by atoms with Crippen LogP contribution < -0.4 is 14.8 Å². The van der Waals surface area contributed by atoms with Gasteiger partial charge in [-0.15, -0.1) is 10.2 Å². The van der Waals surface area contributed by atoms with Crippen LogP contribution in [-0.4, -0.2) is 41.1 Å². The summed E-state index contributed by atoms with van der Waals surface area (Å²) in [6, 6.07) is 8.76. The molecule has 0 fully saturated rings. The molecule has 1 N–H and O–H groups in total. The molecule has 0 saturated carbocycles. The highest BCUT2D eigenvalue weighted by atomic mass is 32.2. The standard InChI is InChI=1S/C17H16N4O4S/c1-23-12-5-6-14(24-2)13(8-12)19-15(22)10-26-17-21-20-16(25-17)11-4-3-7-18-9-11/h3-9H,10H2,1-2H3,(H,19,22). The summed E-state index contributed by atoms with van der Waals surface area (Å²) < 4.78 is 15.9. The summed E-state index contributed by atoms with van der Waals surface area (Å²) in [6.45, 7) is 0. The number of hydrogen-bond donors (Lipinski definition) is 1. The van der Waals surface area contributed by atoms with E-state index in [0.717, 1.165) is 17.3 Å². The summed E-state index contributed by atoms with van der Waals surface area (Å²) in [5.74, 6) is 1.39. The smallest absolute Gasteiger partial charge is 0.277 e. The van der Waals surface area contributed by atoms with E-state index in [1.807, 2.05) is 6.07 Å². The zero-order valence-electron chi connectivity index (χ0n) is 14.1. The maximum Gasteiger partial charge on any atom is 0.277 e. The first-order valence-electron chi connectivity index (χ1n) is 7.58. The van der Waals surface area contributed by atoms with E-state index in [1.165, 1.54) is 7.11 Å². The number of aromatic nitrogens is 3. The van der Waals surface area contributed by atoms with Gasteiger partial charge in [-0.3, -0.25) is 9.78 Å². The average Bonchev–Trinajstić information content (AvgIpc) is 3.16. The topological polar surface area (TPSA) is 99.4 Å². The highest BCUT2D eigenvalue weighted by Gasteiger charge is 2.13. The summed E-state index contributed by atoms with van der Waals surface area (Å²) in [5, 5.41) is 11.0. The van der Waals surface area contributed by atoms with Crippen molar-refractivity contribution in [2.45, 2.75) is 5.22 Å². The minimum atomic E-state index is -0.234. The van der Waals surface area contributed by atoms with Crippen molar-refractivity contribution < 1.29 is 18.7 Å². The molecule has 0 aliphatic carbocycles. The number of amides is 1. The maximum atomic E-state index is 12.2. The normalized spacial score (nSPS) is 10.4. The number of ether oxygens (including phenoxy) is 2. The second-order valence-corrected chi connectivity index (χ2v) is 5.94. The Morgan fingerprint density at radius 1 is 1.23 bits per heavy atom. The van der Waals surface area contributed by atoms with Crippen molar-refractivity contribution in [2.75, 3.05) is 25.3 Å². The monoisotopic (exact) mass is 372 g/mol. The van der Waals surface area contributed by atoms with Crippen molar-refractivity contribution in [3.63, 3.8) is 0 Å². The number of carbonyl (C=O) groups excluding carboxylic acids is 1. The van der Waals surface area contributed by atoms with Crippen LogP contribution in [-0.2, 0) is 4.79 Å². The molecule has 134 valence electrons. The van der Waals surface area contributed by atoms with E-state index in [1.54, 1.807) is 43.8 Å². The summed E-state index contributed by atoms with van der Waals surface area (Å²) in [5.41, 5.74) is 1.25. The first-order chi connectivity index (χ1) is 12.7. The van der Waals surface area contributed by atoms with E-state index < -0.39 is 0 Å². The largest absolute Gasteiger partial charge is 0.497 e. The molecule has 3 rings (SSSR count). The number of benzene rings is 1. The minimum Gasteiger partial charge on any atom is -0.497 e. The minimum absolute atomic E-state index is 0.106. The molecule has 0 atom stereocenters. The predicted molar refractivity (Wildman–Crippen MR) is 96.4 cm³/mol. The Morgan fingerprint density at radius 2 is 2.12 bits per heavy atom. The third-order valence-electron chi connectivity index (χ3n) is 3.32. The Bertz CT molecular complexity index is 885. The number of nitrogens with one attached hydrogen (secondary N) is 1. The van der Waals surface area contributed by atoms with Gasteiger partial charge in [0.25, 0.3) is 5.22 Å². The van der Waals surface area contributed by atoms with Crippen LogP contribution >= 0.6 is 11.8 Å². The van der Waals surface area contributed by atoms with Crippen molar-refractivity contribution in [3.05, 3.63) is 42.7 Å². The van der Waals surface area contributed by atoms with Crippen LogP contribution in [0.15, 0.2) is 52.4 Å². The zero-order chi connectivity index (χ0) is 18.4. The molecule has 0 spiro atoms. The van der Waals surface area contributed by atoms with Gasteiger partial charge in [0.2, 0.25) is 11.8 Å². The van der Waals surface area contributed by atoms with Crippen molar-refractivity contribution in [1.82, 2.24) is 15.2 Å². The van der Waals surface area contributed by atoms with Crippen molar-refractivity contribution in [2.24, 2.45) is 0 Å². The van der Waals surface area contributed by atoms with Crippen LogP contribution in [0, 0.1) is 0 Å². The first-order valence-corrected chi connectivity index (χ1v) is 8.56. The molecule has 2 aromatic heterocycles. The Kier molecular flexibility index (Phi) is 5.69. The molecule has 0 saturated heterocycles. The molecule has 26 heavy (non-hydrogen) atoms. The molecule has 8 nitrogen and oxygen atoms in total. The van der Waals surface area contributed by atoms with Gasteiger partial charge in [-0.2, -0.15) is 0 Å². The number of carbonyl (C=O) groups is 1. The Hall–Kier alpha value is -3.07. The number of pyridine rings is 1. The van der Waals surface area contributed by atoms with E-state index in [4.69, 9.17) is 13.9 Å². The molecule has 1 aromatic carbocycles. The van der Waals surface area contributed by atoms with Crippen LogP contribution in [0.5, 0.6) is 11.5 Å². The van der Waals surface area contributed by atoms with Crippen LogP contribution in [0.1, 0.15) is 0 Å². The van der Waals surface area contributed by atoms with Gasteiger partial charge >= 0.3 is 0 Å². The quantitative estimate of drug-likeness (QED) is 0.632. The molecule has 0 aliphatic rings. The molecule has 0 unspecified atom stereocenters. The van der Waals surface area contributed by atoms with E-state index in [9.17, 15) is 4.79 Å². The fourth-order valence-corrected chi connectivity index (χ4v) is 2.66. The number of nitrogens with zero attached hydrogens (tertiary/aromatic N) is 3. The van der Waals surface area contributed by atoms with Crippen LogP contribution in [0.25, 0.3) is 11.5 Å². The Labute approximate surface area is 153 Å². The van der Waals surface area contributed by atoms with Crippen LogP contribution in [0.2, 0.25) is 0 Å². The molecule has 3 aromatic rings. The van der Waals surface area contributed by atoms with Crippen molar-refractivity contribution in [3.8, 4) is 23.0 Å². The van der Waals surface area contributed by atoms with Crippen molar-refractivity contribution in [1.29, 1.82) is 0 Å². The highest BCUT2D eigenvalue weighted by Crippen LogP contribution is 2.29. The summed E-state index contributed by atoms with van der Waals surface area (Å²) in [7, 11) is 3.09. The van der Waals surface area contributed by atoms with E-state index in [0.29, 0.717) is 28.3 Å². The van der Waals surface area contributed by atoms with Gasteiger partial charge in [-0.1, -0.05) is 11.8 Å². The fourth-order valence-electron chi connectivity index (χ4n) is 2.10. The highest BCUT2D eigenvalue weighted by molar-refractivity contribution is 7.99. The maximum absolute atomic E-state index is 12.2. The number of rotatable bonds is 7. The van der Waals surface area contributed by atoms with E-state index >= 15 is 0 Å². The second-order valence-electron chi connectivity index (χ2n) is 5.02. The first kappa shape index (κ1) is 17.7. The lowest BCUT2D eigenvalue weighted by molar-refractivity contribution is -0.113. The fraction of sp³-hybridized carbons (Fsp3) is 0.176. The zero-order valence-corrected chi connectivity index (χ0v) is 14.9. The van der Waals surface area contributed by atoms with Crippen molar-refractivity contribution >= 4 is 23.4 Å². The Morgan fingerprint density at radius 3 is 2.85 bits per heavy atom. The molecule has 0 radical (unpaired) electrons. The lowest BCUT2D eigenvalue weighted by atomic mass is 10.2. The Balaban J connectivity index is 1.61. The summed E-state index contributed by atoms with van der Waals surface area (Å²) in [6.07, 6.45) is 3.29. The van der Waals surface area contributed by atoms with Gasteiger partial charge < -0.3 is 19.2 Å². The number of methoxy groups -OCH3 is 2. The SMILES string of the molecule is COc1ccc(OC)c(NC(=O)CSc2nnc(-c3cccnc3)o2)c1. The van der Waals surface area contributed by atoms with E-state index in [2.05, 4.69) is 20.5 Å². The van der Waals surface area contributed by atoms with Crippen LogP contribution in [0.3, 0.4) is 0 Å². The molecular formula is C17H16N4O4S. The third-order valence-corrected chi connectivity index (χ3v) is 4.14. The van der Waals surface area contributed by atoms with Gasteiger partial charge in [-0.05, 0) is 24.3 Å². The van der Waals surface area contributed by atoms with E-state index in [-0.39, 0.29) is 11.7 Å². The lowest BCUT2D eigenvalue weighted by Crippen LogP contribution is -2.14. The third kappa shape index (κ3) is 4.31. The number of thioether (sulfide) groups is 1. The van der Waals surface area contributed by atoms with Gasteiger partial charge in [0.1, 0.15) is 11.5 Å². The number of anilines is 1. The molecular weight excluding hydrogens is 356 g/mol. The van der Waals surface area contributed by atoms with Gasteiger partial charge in [0.15, 0.2) is 0 Å². The van der Waals surface area contributed by atoms with Gasteiger partial charge in [0, 0.05) is 18.5 Å². The molecule has 0 aliphatic heterocycles.